The monoisotopic (exact) mass is 524 g/mol. The van der Waals surface area contributed by atoms with Gasteiger partial charge in [0.25, 0.3) is 5.91 Å². The van der Waals surface area contributed by atoms with Crippen LogP contribution in [0.25, 0.3) is 11.0 Å². The summed E-state index contributed by atoms with van der Waals surface area (Å²) in [6.45, 7) is 7.64. The topological polar surface area (TPSA) is 140 Å². The third-order valence-corrected chi connectivity index (χ3v) is 7.36. The number of aryl methyl sites for hydroxylation is 1. The fourth-order valence-corrected chi connectivity index (χ4v) is 5.33. The van der Waals surface area contributed by atoms with Crippen molar-refractivity contribution in [3.05, 3.63) is 66.2 Å². The van der Waals surface area contributed by atoms with Crippen molar-refractivity contribution in [3.63, 3.8) is 0 Å². The summed E-state index contributed by atoms with van der Waals surface area (Å²) >= 11 is 0. The number of aromatic nitrogens is 4. The maximum atomic E-state index is 13.6. The number of anilines is 2. The highest BCUT2D eigenvalue weighted by Gasteiger charge is 2.31. The second-order valence-electron chi connectivity index (χ2n) is 9.39. The Morgan fingerprint density at radius 3 is 2.43 bits per heavy atom. The van der Waals surface area contributed by atoms with Gasteiger partial charge in [-0.2, -0.15) is 5.10 Å². The third kappa shape index (κ3) is 4.98. The van der Waals surface area contributed by atoms with Gasteiger partial charge in [-0.25, -0.2) is 23.6 Å². The van der Waals surface area contributed by atoms with Gasteiger partial charge in [0.15, 0.2) is 15.5 Å². The molecule has 0 aliphatic carbocycles. The number of rotatable bonds is 7. The highest BCUT2D eigenvalue weighted by molar-refractivity contribution is 7.91. The van der Waals surface area contributed by atoms with Crippen LogP contribution in [0.2, 0.25) is 0 Å². The van der Waals surface area contributed by atoms with Crippen LogP contribution in [-0.2, 0) is 15.4 Å². The van der Waals surface area contributed by atoms with Crippen molar-refractivity contribution in [2.75, 3.05) is 17.9 Å². The van der Waals surface area contributed by atoms with E-state index >= 15 is 0 Å². The molecule has 0 saturated carbocycles. The van der Waals surface area contributed by atoms with E-state index in [-0.39, 0.29) is 16.1 Å². The largest absolute Gasteiger partial charge is 0.497 e. The number of nitrogens with zero attached hydrogens (tertiary/aromatic N) is 5. The predicted molar refractivity (Wildman–Crippen MR) is 138 cm³/mol. The quantitative estimate of drug-likeness (QED) is 0.274. The van der Waals surface area contributed by atoms with Gasteiger partial charge in [-0.3, -0.25) is 15.0 Å². The molecule has 4 rings (SSSR count). The standard InChI is InChI=1S/C25H28N6O5S/c1-16-21-22(20(24(32)29-33)14-27-23(21)31(28-16)25(2,3)4)30(17-7-6-12-26-13-17)15-37(34,35)19-10-8-18(36-5)9-11-19/h6-14,33H,15H2,1-5H3,(H,29,32). The molecule has 11 nitrogen and oxygen atoms in total. The Morgan fingerprint density at radius 2 is 1.86 bits per heavy atom. The van der Waals surface area contributed by atoms with Gasteiger partial charge in [0.2, 0.25) is 0 Å². The number of hydrogen-bond donors (Lipinski definition) is 2. The molecule has 0 radical (unpaired) electrons. The number of carbonyl (C=O) groups is 1. The van der Waals surface area contributed by atoms with Gasteiger partial charge in [0, 0.05) is 12.4 Å². The van der Waals surface area contributed by atoms with E-state index in [1.54, 1.807) is 47.5 Å². The van der Waals surface area contributed by atoms with Crippen molar-refractivity contribution in [3.8, 4) is 5.75 Å². The SMILES string of the molecule is COc1ccc(S(=O)(=O)CN(c2cccnc2)c2c(C(=O)NO)cnc3c2c(C)nn3C(C)(C)C)cc1. The average molecular weight is 525 g/mol. The maximum absolute atomic E-state index is 13.6. The summed E-state index contributed by atoms with van der Waals surface area (Å²) in [7, 11) is -2.44. The lowest BCUT2D eigenvalue weighted by molar-refractivity contribution is 0.0707. The number of sulfone groups is 1. The van der Waals surface area contributed by atoms with E-state index in [0.717, 1.165) is 0 Å². The Kier molecular flexibility index (Phi) is 6.89. The summed E-state index contributed by atoms with van der Waals surface area (Å²) < 4.78 is 34.1. The number of pyridine rings is 2. The Hall–Kier alpha value is -4.03. The molecule has 0 fully saturated rings. The van der Waals surface area contributed by atoms with Crippen LogP contribution < -0.4 is 15.1 Å². The number of hydrogen-bond acceptors (Lipinski definition) is 9. The molecule has 0 bridgehead atoms. The van der Waals surface area contributed by atoms with Gasteiger partial charge in [-0.15, -0.1) is 0 Å². The van der Waals surface area contributed by atoms with Gasteiger partial charge < -0.3 is 9.64 Å². The van der Waals surface area contributed by atoms with Crippen LogP contribution in [0.1, 0.15) is 36.8 Å². The Labute approximate surface area is 214 Å². The molecule has 3 aromatic heterocycles. The molecule has 2 N–H and O–H groups in total. The first kappa shape index (κ1) is 26.0. The second kappa shape index (κ2) is 9.79. The van der Waals surface area contributed by atoms with Crippen molar-refractivity contribution in [2.24, 2.45) is 0 Å². The molecular weight excluding hydrogens is 496 g/mol. The molecule has 0 spiro atoms. The molecule has 0 aliphatic heterocycles. The van der Waals surface area contributed by atoms with Crippen molar-refractivity contribution in [1.29, 1.82) is 0 Å². The van der Waals surface area contributed by atoms with Crippen molar-refractivity contribution in [1.82, 2.24) is 25.2 Å². The number of ether oxygens (including phenoxy) is 1. The average Bonchev–Trinajstić information content (AvgIpc) is 3.24. The first-order valence-corrected chi connectivity index (χ1v) is 13.0. The van der Waals surface area contributed by atoms with Crippen molar-refractivity contribution < 1.29 is 23.2 Å². The molecule has 0 aliphatic rings. The summed E-state index contributed by atoms with van der Waals surface area (Å²) in [6.07, 6.45) is 4.36. The Bertz CT molecular complexity index is 1540. The van der Waals surface area contributed by atoms with Gasteiger partial charge in [-0.05, 0) is 64.1 Å². The molecule has 0 unspecified atom stereocenters. The van der Waals surface area contributed by atoms with Crippen molar-refractivity contribution in [2.45, 2.75) is 38.1 Å². The summed E-state index contributed by atoms with van der Waals surface area (Å²) in [4.78, 5) is 23.0. The van der Waals surface area contributed by atoms with Crippen LogP contribution in [0.5, 0.6) is 5.75 Å². The van der Waals surface area contributed by atoms with E-state index in [1.807, 2.05) is 20.8 Å². The van der Waals surface area contributed by atoms with Crippen LogP contribution in [-0.4, -0.2) is 52.3 Å². The molecule has 1 amide bonds. The molecule has 194 valence electrons. The van der Waals surface area contributed by atoms with E-state index in [2.05, 4.69) is 15.1 Å². The normalized spacial score (nSPS) is 11.9. The lowest BCUT2D eigenvalue weighted by atomic mass is 10.1. The van der Waals surface area contributed by atoms with Crippen LogP contribution in [0, 0.1) is 6.92 Å². The van der Waals surface area contributed by atoms with E-state index < -0.39 is 27.2 Å². The second-order valence-corrected chi connectivity index (χ2v) is 11.3. The zero-order valence-corrected chi connectivity index (χ0v) is 21.9. The third-order valence-electron chi connectivity index (χ3n) is 5.77. The molecule has 0 saturated heterocycles. The number of carbonyl (C=O) groups excluding carboxylic acids is 1. The molecule has 12 heteroatoms. The number of fused-ring (bicyclic) bond motifs is 1. The minimum Gasteiger partial charge on any atom is -0.497 e. The zero-order valence-electron chi connectivity index (χ0n) is 21.1. The highest BCUT2D eigenvalue weighted by atomic mass is 32.2. The van der Waals surface area contributed by atoms with Gasteiger partial charge in [0.1, 0.15) is 11.6 Å². The number of nitrogens with one attached hydrogen (secondary N) is 1. The number of amides is 1. The van der Waals surface area contributed by atoms with Crippen LogP contribution in [0.15, 0.2) is 59.9 Å². The smallest absolute Gasteiger partial charge is 0.278 e. The highest BCUT2D eigenvalue weighted by Crippen LogP contribution is 2.38. The van der Waals surface area contributed by atoms with Crippen LogP contribution >= 0.6 is 0 Å². The maximum Gasteiger partial charge on any atom is 0.278 e. The lowest BCUT2D eigenvalue weighted by Gasteiger charge is -2.27. The van der Waals surface area contributed by atoms with Gasteiger partial charge >= 0.3 is 0 Å². The van der Waals surface area contributed by atoms with E-state index in [0.29, 0.717) is 28.2 Å². The molecule has 3 heterocycles. The van der Waals surface area contributed by atoms with E-state index in [1.165, 1.54) is 36.5 Å². The minimum absolute atomic E-state index is 0.0275. The predicted octanol–water partition coefficient (Wildman–Crippen LogP) is 3.59. The van der Waals surface area contributed by atoms with Crippen molar-refractivity contribution >= 4 is 38.2 Å². The Balaban J connectivity index is 2.01. The minimum atomic E-state index is -3.93. The first-order chi connectivity index (χ1) is 17.5. The fourth-order valence-electron chi connectivity index (χ4n) is 4.02. The first-order valence-electron chi connectivity index (χ1n) is 11.4. The zero-order chi connectivity index (χ0) is 27.0. The molecular formula is C25H28N6O5S. The molecule has 1 aromatic carbocycles. The van der Waals surface area contributed by atoms with Crippen LogP contribution in [0.3, 0.4) is 0 Å². The molecule has 0 atom stereocenters. The number of methoxy groups -OCH3 is 1. The number of benzene rings is 1. The molecule has 37 heavy (non-hydrogen) atoms. The van der Waals surface area contributed by atoms with Gasteiger partial charge in [-0.1, -0.05) is 0 Å². The molecule has 4 aromatic rings. The fraction of sp³-hybridized carbons (Fsp3) is 0.280. The van der Waals surface area contributed by atoms with E-state index in [9.17, 15) is 18.4 Å². The number of hydroxylamine groups is 1. The van der Waals surface area contributed by atoms with E-state index in [4.69, 9.17) is 4.74 Å². The Morgan fingerprint density at radius 1 is 1.16 bits per heavy atom. The summed E-state index contributed by atoms with van der Waals surface area (Å²) in [6, 6.07) is 9.40. The lowest BCUT2D eigenvalue weighted by Crippen LogP contribution is -2.30. The summed E-state index contributed by atoms with van der Waals surface area (Å²) in [5, 5.41) is 14.6. The van der Waals surface area contributed by atoms with Crippen LogP contribution in [0.4, 0.5) is 11.4 Å². The van der Waals surface area contributed by atoms with Gasteiger partial charge in [0.05, 0.1) is 51.8 Å². The summed E-state index contributed by atoms with van der Waals surface area (Å²) in [5.41, 5.74) is 2.82. The summed E-state index contributed by atoms with van der Waals surface area (Å²) in [5.74, 6) is -0.857.